The second-order valence-corrected chi connectivity index (χ2v) is 28.0. The van der Waals surface area contributed by atoms with Gasteiger partial charge in [-0.05, 0) is 24.8 Å². The van der Waals surface area contributed by atoms with E-state index in [-0.39, 0.29) is 58.0 Å². The number of aliphatic hydroxyl groups excluding tert-OH is 8. The van der Waals surface area contributed by atoms with Crippen LogP contribution in [0, 0.1) is 0 Å². The SMILES string of the molecule is CCCCC(=O)N[C@H]1C(OC(=O)CC)[C@H](O)C(CO[C@@H]2OC(CO)[C@@H](OP(=O)(O)O)C(OC(=O)C[C@@H](CC)OC(=O)CC)[C@@H]2NC(=O)C[C@@H](CC)OC(=O)CC)O[C@H]1OCCNC(=O)CCC(=O)NCCOC1OC(CO[C@]2(C(=O)O)C[C@@H](O)[C@@H](NC(=O)Cc3ccccc3)C([C@H](O)[C@H](O)CO)O2)[C@H](O)[C@H](O)[C@@H]1NC(C)=O. The third-order valence-corrected chi connectivity index (χ3v) is 18.7. The van der Waals surface area contributed by atoms with E-state index < -0.39 is 285 Å². The number of esters is 4. The number of carbonyl (C=O) groups is 11. The molecule has 5 rings (SSSR count). The van der Waals surface area contributed by atoms with Crippen molar-refractivity contribution in [2.75, 3.05) is 52.7 Å². The summed E-state index contributed by atoms with van der Waals surface area (Å²) >= 11 is 0. The molecule has 4 aliphatic heterocycles. The lowest BCUT2D eigenvalue weighted by Crippen LogP contribution is -2.69. The summed E-state index contributed by atoms with van der Waals surface area (Å²) in [5.41, 5.74) is 0.540. The fraction of sp³-hybridized carbons (Fsp3) is 0.754. The molecule has 43 heteroatoms. The van der Waals surface area contributed by atoms with Gasteiger partial charge >= 0.3 is 37.7 Å². The maximum atomic E-state index is 14.0. The molecular weight excluding hydrogens is 1520 g/mol. The Kier molecular flexibility index (Phi) is 40.1. The zero-order chi connectivity index (χ0) is 83.2. The predicted molar refractivity (Wildman–Crippen MR) is 375 cm³/mol. The highest BCUT2D eigenvalue weighted by Gasteiger charge is 2.58. The molecule has 23 atom stereocenters. The Morgan fingerprint density at radius 1 is 0.580 bits per heavy atom. The van der Waals surface area contributed by atoms with Crippen LogP contribution in [0.5, 0.6) is 0 Å². The number of aliphatic hydroxyl groups is 8. The number of aliphatic carboxylic acids is 1. The standard InChI is InChI=1S/C69H109N6O36P/c1-8-14-20-46(83)73-55-62(108-51(88)13-6)59(92)42(33-101-67-56(75-48(85)28-37(9-2)103-49(86)11-4)64(61(41(32-77)105-67)111-112(96,97)98)109-52(89)29-38(10-3)104-50(87)12-5)106-66(55)100-26-24-71-45(82)22-21-44(81)70-23-25-99-65-54(72-35(7)78)60(93)58(91)43(107-65)34-102-69(68(94)95)30-39(79)53(63(110-69)57(90)40(80)31-76)74-47(84)27-36-18-16-15-17-19-36/h15-19,37-43,53-67,76-77,79-80,90-93H,8-14,20-34H2,1-7H3,(H,70,81)(H,71,82)(H,72,78)(H,73,83)(H,74,84)(H,75,85)(H,94,95)(H2,96,97,98)/t37-,38-,39-,40-,41?,42?,43?,53-,54+,55+,56+,57-,58+,59-,60-,61-,62?,63?,64?,65?,66-,67-,69-/m1/s1. The molecule has 0 radical (unpaired) electrons. The van der Waals surface area contributed by atoms with Gasteiger partial charge in [-0.1, -0.05) is 78.3 Å². The lowest BCUT2D eigenvalue weighted by molar-refractivity contribution is -0.330. The van der Waals surface area contributed by atoms with E-state index in [1.807, 2.05) is 6.92 Å². The summed E-state index contributed by atoms with van der Waals surface area (Å²) < 4.78 is 87.4. The lowest BCUT2D eigenvalue weighted by atomic mass is 9.88. The zero-order valence-electron chi connectivity index (χ0n) is 63.2. The van der Waals surface area contributed by atoms with Gasteiger partial charge in [-0.15, -0.1) is 0 Å². The minimum Gasteiger partial charge on any atom is -0.477 e. The molecular formula is C69H109N6O36P. The molecule has 6 amide bonds. The first kappa shape index (κ1) is 95.4. The number of phosphoric ester groups is 1. The average molecular weight is 1630 g/mol. The molecule has 112 heavy (non-hydrogen) atoms. The summed E-state index contributed by atoms with van der Waals surface area (Å²) in [7, 11) is -5.61. The number of ether oxygens (including phenoxy) is 12. The van der Waals surface area contributed by atoms with E-state index in [1.54, 1.807) is 44.2 Å². The van der Waals surface area contributed by atoms with E-state index in [2.05, 4.69) is 31.9 Å². The molecule has 0 spiro atoms. The van der Waals surface area contributed by atoms with Crippen LogP contribution in [-0.4, -0.2) is 314 Å². The van der Waals surface area contributed by atoms with Crippen LogP contribution in [0.4, 0.5) is 0 Å². The van der Waals surface area contributed by atoms with Gasteiger partial charge in [-0.2, -0.15) is 0 Å². The topological polar surface area (TPSA) is 620 Å². The van der Waals surface area contributed by atoms with Gasteiger partial charge in [0.25, 0.3) is 5.79 Å². The number of rotatable bonds is 46. The number of benzene rings is 1. The van der Waals surface area contributed by atoms with Gasteiger partial charge in [-0.3, -0.25) is 52.5 Å². The Bertz CT molecular complexity index is 3250. The van der Waals surface area contributed by atoms with Crippen LogP contribution in [0.25, 0.3) is 0 Å². The van der Waals surface area contributed by atoms with Crippen LogP contribution in [-0.2, 0) is 125 Å². The third-order valence-electron chi connectivity index (χ3n) is 18.2. The molecule has 1 aromatic carbocycles. The normalized spacial score (nSPS) is 29.0. The van der Waals surface area contributed by atoms with Crippen molar-refractivity contribution in [1.82, 2.24) is 31.9 Å². The summed E-state index contributed by atoms with van der Waals surface area (Å²) in [6.45, 7) is 4.92. The van der Waals surface area contributed by atoms with Gasteiger partial charge in [0.1, 0.15) is 91.4 Å². The number of carbonyl (C=O) groups excluding carboxylic acids is 10. The third kappa shape index (κ3) is 29.6. The average Bonchev–Trinajstić information content (AvgIpc) is 0.773. The van der Waals surface area contributed by atoms with Gasteiger partial charge in [0, 0.05) is 65.0 Å². The highest BCUT2D eigenvalue weighted by molar-refractivity contribution is 7.46. The van der Waals surface area contributed by atoms with Gasteiger partial charge in [-0.25, -0.2) is 9.36 Å². The molecule has 7 unspecified atom stereocenters. The molecule has 17 N–H and O–H groups in total. The maximum absolute atomic E-state index is 14.0. The van der Waals surface area contributed by atoms with Crippen LogP contribution in [0.2, 0.25) is 0 Å². The number of hydrogen-bond acceptors (Lipinski definition) is 33. The molecule has 0 aliphatic carbocycles. The molecule has 4 saturated heterocycles. The molecule has 42 nitrogen and oxygen atoms in total. The summed E-state index contributed by atoms with van der Waals surface area (Å²) in [4.78, 5) is 164. The largest absolute Gasteiger partial charge is 0.477 e. The number of carboxylic acid groups (broad SMARTS) is 1. The number of nitrogens with one attached hydrogen (secondary N) is 6. The zero-order valence-corrected chi connectivity index (χ0v) is 64.1. The molecule has 4 heterocycles. The Labute approximate surface area is 644 Å². The minimum atomic E-state index is -5.61. The number of amides is 6. The molecule has 636 valence electrons. The van der Waals surface area contributed by atoms with Crippen molar-refractivity contribution in [1.29, 1.82) is 0 Å². The fourth-order valence-corrected chi connectivity index (χ4v) is 12.8. The Morgan fingerprint density at radius 3 is 1.64 bits per heavy atom. The van der Waals surface area contributed by atoms with Gasteiger partial charge < -0.3 is 144 Å². The quantitative estimate of drug-likeness (QED) is 0.0126. The van der Waals surface area contributed by atoms with E-state index in [9.17, 15) is 113 Å². The van der Waals surface area contributed by atoms with Crippen LogP contribution in [0.3, 0.4) is 0 Å². The summed E-state index contributed by atoms with van der Waals surface area (Å²) in [6, 6.07) is 1.80. The summed E-state index contributed by atoms with van der Waals surface area (Å²) in [6.07, 6.45) is -35.0. The second-order valence-electron chi connectivity index (χ2n) is 26.8. The number of unbranched alkanes of at least 4 members (excludes halogenated alkanes) is 1. The highest BCUT2D eigenvalue weighted by Crippen LogP contribution is 2.43. The van der Waals surface area contributed by atoms with E-state index in [0.717, 1.165) is 6.92 Å². The summed E-state index contributed by atoms with van der Waals surface area (Å²) in [5, 5.41) is 113. The van der Waals surface area contributed by atoms with Crippen LogP contribution in [0.15, 0.2) is 30.3 Å². The first-order valence-electron chi connectivity index (χ1n) is 37.0. The van der Waals surface area contributed by atoms with Crippen molar-refractivity contribution in [3.05, 3.63) is 35.9 Å². The maximum Gasteiger partial charge on any atom is 0.470 e. The molecule has 4 fully saturated rings. The minimum absolute atomic E-state index is 0.0602. The first-order valence-corrected chi connectivity index (χ1v) is 38.5. The number of phosphoric acid groups is 1. The second kappa shape index (κ2) is 47.0. The van der Waals surface area contributed by atoms with E-state index in [4.69, 9.17) is 61.4 Å². The summed E-state index contributed by atoms with van der Waals surface area (Å²) in [5.74, 6) is -12.6. The number of carboxylic acids is 1. The van der Waals surface area contributed by atoms with Crippen molar-refractivity contribution in [3.63, 3.8) is 0 Å². The molecule has 0 aromatic heterocycles. The molecule has 0 bridgehead atoms. The van der Waals surface area contributed by atoms with Gasteiger partial charge in [0.15, 0.2) is 31.1 Å². The Hall–Kier alpha value is -7.14. The van der Waals surface area contributed by atoms with E-state index in [1.165, 1.54) is 20.8 Å². The van der Waals surface area contributed by atoms with E-state index in [0.29, 0.717) is 18.4 Å². The van der Waals surface area contributed by atoms with Gasteiger partial charge in [0.05, 0.1) is 71.0 Å². The van der Waals surface area contributed by atoms with Crippen molar-refractivity contribution in [2.45, 2.75) is 279 Å². The van der Waals surface area contributed by atoms with Crippen LogP contribution >= 0.6 is 7.82 Å². The lowest BCUT2D eigenvalue weighted by Gasteiger charge is -2.47. The first-order chi connectivity index (χ1) is 53.1. The van der Waals surface area contributed by atoms with Crippen molar-refractivity contribution in [2.24, 2.45) is 0 Å². The molecule has 1 aromatic rings. The van der Waals surface area contributed by atoms with Crippen LogP contribution < -0.4 is 31.9 Å². The number of hydrogen-bond donors (Lipinski definition) is 17. The fourth-order valence-electron chi connectivity index (χ4n) is 12.2. The highest BCUT2D eigenvalue weighted by atomic mass is 31.2. The molecule has 0 saturated carbocycles. The van der Waals surface area contributed by atoms with Gasteiger partial charge in [0.2, 0.25) is 35.4 Å². The monoisotopic (exact) mass is 1630 g/mol. The molecule has 4 aliphatic rings. The van der Waals surface area contributed by atoms with Crippen molar-refractivity contribution >= 4 is 73.1 Å². The van der Waals surface area contributed by atoms with E-state index >= 15 is 0 Å². The van der Waals surface area contributed by atoms with Crippen LogP contribution in [0.1, 0.15) is 138 Å². The van der Waals surface area contributed by atoms with Crippen molar-refractivity contribution < 1.29 is 174 Å². The predicted octanol–water partition coefficient (Wildman–Crippen LogP) is -4.69. The Morgan fingerprint density at radius 2 is 1.11 bits per heavy atom. The Balaban J connectivity index is 1.27. The van der Waals surface area contributed by atoms with Crippen molar-refractivity contribution in [3.8, 4) is 0 Å². The smallest absolute Gasteiger partial charge is 0.470 e.